The van der Waals surface area contributed by atoms with E-state index in [4.69, 9.17) is 5.73 Å². The number of nitrogens with two attached hydrogens (primary N) is 1. The fourth-order valence-corrected chi connectivity index (χ4v) is 1.13. The van der Waals surface area contributed by atoms with E-state index in [-0.39, 0.29) is 0 Å². The van der Waals surface area contributed by atoms with Crippen molar-refractivity contribution in [2.45, 2.75) is 32.2 Å². The molecule has 0 fully saturated rings. The Morgan fingerprint density at radius 1 is 1.58 bits per heavy atom. The zero-order chi connectivity index (χ0) is 9.40. The lowest BCUT2D eigenvalue weighted by Crippen LogP contribution is -2.35. The fourth-order valence-electron chi connectivity index (χ4n) is 1.13. The highest BCUT2D eigenvalue weighted by Gasteiger charge is 2.02. The highest BCUT2D eigenvalue weighted by molar-refractivity contribution is 4.68. The molecule has 0 bridgehead atoms. The van der Waals surface area contributed by atoms with Gasteiger partial charge in [-0.05, 0) is 32.9 Å². The molecule has 72 valence electrons. The van der Waals surface area contributed by atoms with Crippen LogP contribution in [0.25, 0.3) is 0 Å². The summed E-state index contributed by atoms with van der Waals surface area (Å²) >= 11 is 0. The third kappa shape index (κ3) is 6.38. The molecule has 0 rings (SSSR count). The molecule has 0 aliphatic rings. The summed E-state index contributed by atoms with van der Waals surface area (Å²) in [6.07, 6.45) is 5.32. The van der Waals surface area contributed by atoms with Gasteiger partial charge in [0.1, 0.15) is 0 Å². The summed E-state index contributed by atoms with van der Waals surface area (Å²) in [5.41, 5.74) is 5.82. The summed E-state index contributed by atoms with van der Waals surface area (Å²) < 4.78 is 0. The number of rotatable bonds is 7. The van der Waals surface area contributed by atoms with Gasteiger partial charge in [-0.15, -0.1) is 6.58 Å². The van der Waals surface area contributed by atoms with Crippen LogP contribution in [0.15, 0.2) is 12.7 Å². The molecule has 12 heavy (non-hydrogen) atoms. The molecule has 1 unspecified atom stereocenters. The molecule has 0 radical (unpaired) electrons. The summed E-state index contributed by atoms with van der Waals surface area (Å²) in [4.78, 5) is 2.29. The van der Waals surface area contributed by atoms with Crippen LogP contribution in [0.4, 0.5) is 0 Å². The predicted molar refractivity (Wildman–Crippen MR) is 55.2 cm³/mol. The third-order valence-corrected chi connectivity index (χ3v) is 2.02. The second kappa shape index (κ2) is 7.32. The van der Waals surface area contributed by atoms with E-state index in [1.54, 1.807) is 0 Å². The average Bonchev–Trinajstić information content (AvgIpc) is 2.05. The largest absolute Gasteiger partial charge is 0.327 e. The van der Waals surface area contributed by atoms with Crippen LogP contribution in [0, 0.1) is 0 Å². The number of hydrogen-bond acceptors (Lipinski definition) is 2. The molecule has 1 atom stereocenters. The van der Waals surface area contributed by atoms with Crippen molar-refractivity contribution in [3.8, 4) is 0 Å². The molecule has 0 aromatic heterocycles. The smallest absolute Gasteiger partial charge is 0.0165 e. The maximum absolute atomic E-state index is 5.82. The SMILES string of the molecule is C=CCCCN(C)CC(N)CC. The lowest BCUT2D eigenvalue weighted by molar-refractivity contribution is 0.305. The highest BCUT2D eigenvalue weighted by atomic mass is 15.1. The number of unbranched alkanes of at least 4 members (excludes halogenated alkanes) is 1. The number of likely N-dealkylation sites (N-methyl/N-ethyl adjacent to an activating group) is 1. The fraction of sp³-hybridized carbons (Fsp3) is 0.800. The van der Waals surface area contributed by atoms with Crippen molar-refractivity contribution in [1.29, 1.82) is 0 Å². The Hall–Kier alpha value is -0.340. The molecule has 0 saturated heterocycles. The van der Waals surface area contributed by atoms with Gasteiger partial charge in [0.25, 0.3) is 0 Å². The van der Waals surface area contributed by atoms with Crippen LogP contribution in [-0.2, 0) is 0 Å². The first-order chi connectivity index (χ1) is 5.70. The number of hydrogen-bond donors (Lipinski definition) is 1. The summed E-state index contributed by atoms with van der Waals surface area (Å²) in [5.74, 6) is 0. The van der Waals surface area contributed by atoms with Crippen LogP contribution in [0.2, 0.25) is 0 Å². The minimum Gasteiger partial charge on any atom is -0.327 e. The van der Waals surface area contributed by atoms with Crippen molar-refractivity contribution >= 4 is 0 Å². The van der Waals surface area contributed by atoms with Gasteiger partial charge in [0.05, 0.1) is 0 Å². The van der Waals surface area contributed by atoms with E-state index in [9.17, 15) is 0 Å². The topological polar surface area (TPSA) is 29.3 Å². The summed E-state index contributed by atoms with van der Waals surface area (Å²) in [5, 5.41) is 0. The molecule has 2 N–H and O–H groups in total. The first-order valence-electron chi connectivity index (χ1n) is 4.75. The minimum atomic E-state index is 0.332. The Morgan fingerprint density at radius 3 is 2.75 bits per heavy atom. The molecule has 0 aliphatic carbocycles. The maximum Gasteiger partial charge on any atom is 0.0165 e. The van der Waals surface area contributed by atoms with Crippen molar-refractivity contribution in [3.05, 3.63) is 12.7 Å². The normalized spacial score (nSPS) is 13.3. The van der Waals surface area contributed by atoms with Crippen LogP contribution in [0.5, 0.6) is 0 Å². The van der Waals surface area contributed by atoms with E-state index >= 15 is 0 Å². The Bertz CT molecular complexity index is 112. The van der Waals surface area contributed by atoms with Gasteiger partial charge < -0.3 is 10.6 Å². The van der Waals surface area contributed by atoms with Gasteiger partial charge in [-0.3, -0.25) is 0 Å². The minimum absolute atomic E-state index is 0.332. The van der Waals surface area contributed by atoms with Gasteiger partial charge in [-0.2, -0.15) is 0 Å². The van der Waals surface area contributed by atoms with Gasteiger partial charge in [-0.1, -0.05) is 13.0 Å². The average molecular weight is 170 g/mol. The standard InChI is InChI=1S/C10H22N2/c1-4-6-7-8-12(3)9-10(11)5-2/h4,10H,1,5-9,11H2,2-3H3. The van der Waals surface area contributed by atoms with Crippen molar-refractivity contribution in [2.75, 3.05) is 20.1 Å². The van der Waals surface area contributed by atoms with Crippen LogP contribution in [0.1, 0.15) is 26.2 Å². The molecule has 2 nitrogen and oxygen atoms in total. The van der Waals surface area contributed by atoms with E-state index in [0.29, 0.717) is 6.04 Å². The molecule has 0 aromatic carbocycles. The molecular formula is C10H22N2. The zero-order valence-electron chi connectivity index (χ0n) is 8.42. The van der Waals surface area contributed by atoms with Crippen LogP contribution < -0.4 is 5.73 Å². The lowest BCUT2D eigenvalue weighted by Gasteiger charge is -2.19. The summed E-state index contributed by atoms with van der Waals surface area (Å²) in [6.45, 7) is 7.95. The Labute approximate surface area is 76.4 Å². The summed E-state index contributed by atoms with van der Waals surface area (Å²) in [6, 6.07) is 0.332. The number of nitrogens with zero attached hydrogens (tertiary/aromatic N) is 1. The van der Waals surface area contributed by atoms with Crippen molar-refractivity contribution in [1.82, 2.24) is 4.90 Å². The maximum atomic E-state index is 5.82. The van der Waals surface area contributed by atoms with E-state index in [1.165, 1.54) is 6.42 Å². The first-order valence-corrected chi connectivity index (χ1v) is 4.75. The molecule has 0 amide bonds. The van der Waals surface area contributed by atoms with Gasteiger partial charge in [0.2, 0.25) is 0 Å². The van der Waals surface area contributed by atoms with Crippen molar-refractivity contribution in [2.24, 2.45) is 5.73 Å². The van der Waals surface area contributed by atoms with E-state index in [2.05, 4.69) is 25.5 Å². The van der Waals surface area contributed by atoms with Gasteiger partial charge in [0, 0.05) is 12.6 Å². The zero-order valence-corrected chi connectivity index (χ0v) is 8.42. The Kier molecular flexibility index (Phi) is 7.11. The molecule has 0 spiro atoms. The monoisotopic (exact) mass is 170 g/mol. The quantitative estimate of drug-likeness (QED) is 0.465. The lowest BCUT2D eigenvalue weighted by atomic mass is 10.2. The second-order valence-electron chi connectivity index (χ2n) is 3.36. The third-order valence-electron chi connectivity index (χ3n) is 2.02. The first kappa shape index (κ1) is 11.7. The second-order valence-corrected chi connectivity index (χ2v) is 3.36. The molecule has 0 heterocycles. The van der Waals surface area contributed by atoms with E-state index in [0.717, 1.165) is 25.9 Å². The predicted octanol–water partition coefficient (Wildman–Crippen LogP) is 1.62. The summed E-state index contributed by atoms with van der Waals surface area (Å²) in [7, 11) is 2.12. The Morgan fingerprint density at radius 2 is 2.25 bits per heavy atom. The van der Waals surface area contributed by atoms with Crippen LogP contribution >= 0.6 is 0 Å². The highest BCUT2D eigenvalue weighted by Crippen LogP contribution is 1.95. The Balaban J connectivity index is 3.32. The van der Waals surface area contributed by atoms with Gasteiger partial charge in [-0.25, -0.2) is 0 Å². The van der Waals surface area contributed by atoms with Crippen molar-refractivity contribution in [3.63, 3.8) is 0 Å². The molecular weight excluding hydrogens is 148 g/mol. The molecule has 2 heteroatoms. The van der Waals surface area contributed by atoms with E-state index < -0.39 is 0 Å². The van der Waals surface area contributed by atoms with Gasteiger partial charge in [0.15, 0.2) is 0 Å². The van der Waals surface area contributed by atoms with Gasteiger partial charge >= 0.3 is 0 Å². The molecule has 0 saturated carbocycles. The number of allylic oxidation sites excluding steroid dienone is 1. The van der Waals surface area contributed by atoms with E-state index in [1.807, 2.05) is 6.08 Å². The molecule has 0 aromatic rings. The molecule has 0 aliphatic heterocycles. The van der Waals surface area contributed by atoms with Crippen LogP contribution in [-0.4, -0.2) is 31.1 Å². The van der Waals surface area contributed by atoms with Crippen molar-refractivity contribution < 1.29 is 0 Å². The van der Waals surface area contributed by atoms with Crippen LogP contribution in [0.3, 0.4) is 0 Å².